The van der Waals surface area contributed by atoms with Crippen LogP contribution in [0.2, 0.25) is 0 Å². The lowest BCUT2D eigenvalue weighted by atomic mass is 10.1. The SMILES string of the molecule is CC(C)OC(=O)Nc1ncnc2c1c(I)cn2[C@@H]1O[C@H](CO)[C@@H](O)[C@@H]1F. The minimum absolute atomic E-state index is 0.219. The molecule has 0 radical (unpaired) electrons. The van der Waals surface area contributed by atoms with Gasteiger partial charge in [0.05, 0.1) is 18.1 Å². The zero-order chi connectivity index (χ0) is 19.0. The minimum Gasteiger partial charge on any atom is -0.447 e. The van der Waals surface area contributed by atoms with Gasteiger partial charge in [-0.25, -0.2) is 19.2 Å². The van der Waals surface area contributed by atoms with Crippen molar-refractivity contribution in [3.05, 3.63) is 16.1 Å². The van der Waals surface area contributed by atoms with Crippen LogP contribution in [0.15, 0.2) is 12.5 Å². The lowest BCUT2D eigenvalue weighted by molar-refractivity contribution is -0.0457. The summed E-state index contributed by atoms with van der Waals surface area (Å²) in [5, 5.41) is 22.1. The molecule has 0 saturated carbocycles. The number of nitrogens with one attached hydrogen (secondary N) is 1. The fourth-order valence-electron chi connectivity index (χ4n) is 2.75. The second-order valence-electron chi connectivity index (χ2n) is 6.07. The predicted molar refractivity (Wildman–Crippen MR) is 97.4 cm³/mol. The summed E-state index contributed by atoms with van der Waals surface area (Å²) >= 11 is 2.01. The quantitative estimate of drug-likeness (QED) is 0.569. The molecule has 0 unspecified atom stereocenters. The van der Waals surface area contributed by atoms with Gasteiger partial charge in [-0.15, -0.1) is 0 Å². The Hall–Kier alpha value is -1.57. The van der Waals surface area contributed by atoms with Crippen molar-refractivity contribution in [2.24, 2.45) is 0 Å². The topological polar surface area (TPSA) is 119 Å². The number of amides is 1. The van der Waals surface area contributed by atoms with Crippen LogP contribution in [0.5, 0.6) is 0 Å². The highest BCUT2D eigenvalue weighted by molar-refractivity contribution is 14.1. The number of hydrogen-bond acceptors (Lipinski definition) is 7. The van der Waals surface area contributed by atoms with Gasteiger partial charge in [0, 0.05) is 9.77 Å². The zero-order valence-corrected chi connectivity index (χ0v) is 16.1. The molecule has 0 spiro atoms. The molecule has 1 fully saturated rings. The fraction of sp³-hybridized carbons (Fsp3) is 0.533. The van der Waals surface area contributed by atoms with Crippen molar-refractivity contribution < 1.29 is 28.9 Å². The van der Waals surface area contributed by atoms with Crippen molar-refractivity contribution in [1.82, 2.24) is 14.5 Å². The van der Waals surface area contributed by atoms with E-state index in [0.29, 0.717) is 14.6 Å². The van der Waals surface area contributed by atoms with E-state index in [1.807, 2.05) is 22.6 Å². The molecule has 3 heterocycles. The summed E-state index contributed by atoms with van der Waals surface area (Å²) in [6.07, 6.45) is -3.52. The maximum Gasteiger partial charge on any atom is 0.413 e. The summed E-state index contributed by atoms with van der Waals surface area (Å²) < 4.78 is 27.0. The molecule has 11 heteroatoms. The Morgan fingerprint density at radius 1 is 1.54 bits per heavy atom. The highest BCUT2D eigenvalue weighted by atomic mass is 127. The van der Waals surface area contributed by atoms with Crippen LogP contribution in [-0.2, 0) is 9.47 Å². The van der Waals surface area contributed by atoms with Crippen LogP contribution in [0.3, 0.4) is 0 Å². The van der Waals surface area contributed by atoms with Crippen LogP contribution in [-0.4, -0.2) is 61.9 Å². The van der Waals surface area contributed by atoms with Crippen LogP contribution in [0.4, 0.5) is 15.0 Å². The number of fused-ring (bicyclic) bond motifs is 1. The number of rotatable bonds is 4. The number of hydrogen-bond donors (Lipinski definition) is 3. The summed E-state index contributed by atoms with van der Waals surface area (Å²) in [4.78, 5) is 20.1. The number of aliphatic hydroxyl groups excluding tert-OH is 2. The van der Waals surface area contributed by atoms with E-state index in [9.17, 15) is 19.4 Å². The van der Waals surface area contributed by atoms with Gasteiger partial charge in [-0.1, -0.05) is 0 Å². The zero-order valence-electron chi connectivity index (χ0n) is 14.0. The van der Waals surface area contributed by atoms with E-state index in [0.717, 1.165) is 0 Å². The third-order valence-electron chi connectivity index (χ3n) is 3.87. The van der Waals surface area contributed by atoms with E-state index >= 15 is 0 Å². The number of ether oxygens (including phenoxy) is 2. The maximum atomic E-state index is 14.5. The van der Waals surface area contributed by atoms with Crippen LogP contribution < -0.4 is 5.32 Å². The van der Waals surface area contributed by atoms with Gasteiger partial charge in [-0.05, 0) is 36.4 Å². The molecule has 3 rings (SSSR count). The van der Waals surface area contributed by atoms with E-state index in [1.54, 1.807) is 20.0 Å². The third-order valence-corrected chi connectivity index (χ3v) is 4.69. The summed E-state index contributed by atoms with van der Waals surface area (Å²) in [7, 11) is 0. The molecule has 142 valence electrons. The Balaban J connectivity index is 1.97. The molecule has 2 aromatic rings. The van der Waals surface area contributed by atoms with E-state index in [4.69, 9.17) is 9.47 Å². The first-order valence-corrected chi connectivity index (χ1v) is 8.98. The number of carbonyl (C=O) groups excluding carboxylic acids is 1. The van der Waals surface area contributed by atoms with Gasteiger partial charge in [0.25, 0.3) is 0 Å². The molecular weight excluding hydrogens is 462 g/mol. The lowest BCUT2D eigenvalue weighted by Crippen LogP contribution is -2.30. The van der Waals surface area contributed by atoms with Crippen molar-refractivity contribution in [3.63, 3.8) is 0 Å². The first-order valence-electron chi connectivity index (χ1n) is 7.90. The smallest absolute Gasteiger partial charge is 0.413 e. The Morgan fingerprint density at radius 2 is 2.27 bits per heavy atom. The first-order chi connectivity index (χ1) is 12.3. The van der Waals surface area contributed by atoms with Crippen molar-refractivity contribution in [2.45, 2.75) is 44.6 Å². The van der Waals surface area contributed by atoms with E-state index in [1.165, 1.54) is 10.9 Å². The normalized spacial score (nSPS) is 25.8. The summed E-state index contributed by atoms with van der Waals surface area (Å²) in [6.45, 7) is 2.94. The van der Waals surface area contributed by atoms with Crippen LogP contribution >= 0.6 is 22.6 Å². The van der Waals surface area contributed by atoms with Crippen LogP contribution in [0, 0.1) is 3.57 Å². The average Bonchev–Trinajstić information content (AvgIpc) is 3.05. The number of aromatic nitrogens is 3. The average molecular weight is 480 g/mol. The van der Waals surface area contributed by atoms with E-state index in [-0.39, 0.29) is 11.9 Å². The Morgan fingerprint density at radius 3 is 2.88 bits per heavy atom. The highest BCUT2D eigenvalue weighted by Crippen LogP contribution is 2.36. The summed E-state index contributed by atoms with van der Waals surface area (Å²) in [5.41, 5.74) is 0.322. The Kier molecular flexibility index (Phi) is 5.60. The number of halogens is 2. The molecule has 1 saturated heterocycles. The van der Waals surface area contributed by atoms with Gasteiger partial charge >= 0.3 is 6.09 Å². The Labute approximate surface area is 161 Å². The van der Waals surface area contributed by atoms with Crippen LogP contribution in [0.1, 0.15) is 20.1 Å². The predicted octanol–water partition coefficient (Wildman–Crippen LogP) is 1.58. The standard InChI is InChI=1S/C15H18FIN4O5/c1-6(2)25-15(24)20-12-9-7(17)3-21(13(9)19-5-18-12)14-10(16)11(23)8(4-22)26-14/h3,5-6,8,10-11,14,22-23H,4H2,1-2H3,(H,18,19,20,24)/t8-,10+,11-,14-/m1/s1. The number of aliphatic hydroxyl groups is 2. The molecule has 2 aromatic heterocycles. The van der Waals surface area contributed by atoms with Crippen molar-refractivity contribution in [1.29, 1.82) is 0 Å². The largest absolute Gasteiger partial charge is 0.447 e. The molecular formula is C15H18FIN4O5. The van der Waals surface area contributed by atoms with Gasteiger partial charge < -0.3 is 24.3 Å². The number of nitrogens with zero attached hydrogens (tertiary/aromatic N) is 3. The van der Waals surface area contributed by atoms with Gasteiger partial charge in [0.15, 0.2) is 12.4 Å². The molecule has 1 aliphatic heterocycles. The first kappa shape index (κ1) is 19.2. The van der Waals surface area contributed by atoms with Gasteiger partial charge in [-0.3, -0.25) is 5.32 Å². The molecule has 0 bridgehead atoms. The maximum absolute atomic E-state index is 14.5. The second kappa shape index (κ2) is 7.58. The van der Waals surface area contributed by atoms with Crippen molar-refractivity contribution >= 4 is 45.5 Å². The Bertz CT molecular complexity index is 817. The molecule has 3 N–H and O–H groups in total. The third kappa shape index (κ3) is 3.48. The fourth-order valence-corrected chi connectivity index (χ4v) is 3.54. The number of alkyl halides is 1. The monoisotopic (exact) mass is 480 g/mol. The summed E-state index contributed by atoms with van der Waals surface area (Å²) in [5.74, 6) is 0.219. The molecule has 1 amide bonds. The highest BCUT2D eigenvalue weighted by Gasteiger charge is 2.45. The van der Waals surface area contributed by atoms with Gasteiger partial charge in [0.1, 0.15) is 30.0 Å². The molecule has 1 aliphatic rings. The number of carbonyl (C=O) groups is 1. The van der Waals surface area contributed by atoms with Gasteiger partial charge in [-0.2, -0.15) is 0 Å². The molecule has 0 aliphatic carbocycles. The molecule has 26 heavy (non-hydrogen) atoms. The summed E-state index contributed by atoms with van der Waals surface area (Å²) in [6, 6.07) is 0. The lowest BCUT2D eigenvalue weighted by Gasteiger charge is -2.16. The van der Waals surface area contributed by atoms with E-state index in [2.05, 4.69) is 15.3 Å². The van der Waals surface area contributed by atoms with Crippen molar-refractivity contribution in [3.8, 4) is 0 Å². The molecule has 4 atom stereocenters. The second-order valence-corrected chi connectivity index (χ2v) is 7.23. The minimum atomic E-state index is -1.74. The van der Waals surface area contributed by atoms with Gasteiger partial charge in [0.2, 0.25) is 0 Å². The number of anilines is 1. The molecule has 0 aromatic carbocycles. The molecule has 9 nitrogen and oxygen atoms in total. The van der Waals surface area contributed by atoms with E-state index < -0.39 is 37.3 Å². The van der Waals surface area contributed by atoms with Crippen molar-refractivity contribution in [2.75, 3.05) is 11.9 Å². The van der Waals surface area contributed by atoms with Crippen LogP contribution in [0.25, 0.3) is 11.0 Å².